The van der Waals surface area contributed by atoms with Gasteiger partial charge in [0.1, 0.15) is 10.7 Å². The summed E-state index contributed by atoms with van der Waals surface area (Å²) < 4.78 is 4.08. The van der Waals surface area contributed by atoms with E-state index in [9.17, 15) is 0 Å². The summed E-state index contributed by atoms with van der Waals surface area (Å²) in [5.41, 5.74) is 1.09. The smallest absolute Gasteiger partial charge is 0.134 e. The van der Waals surface area contributed by atoms with Crippen LogP contribution in [0, 0.1) is 0 Å². The molecule has 0 saturated heterocycles. The molecule has 0 aliphatic heterocycles. The van der Waals surface area contributed by atoms with E-state index in [1.54, 1.807) is 0 Å². The molecule has 2 heterocycles. The number of thiophene rings is 1. The summed E-state index contributed by atoms with van der Waals surface area (Å²) in [6.45, 7) is 4.96. The van der Waals surface area contributed by atoms with Crippen LogP contribution in [0.3, 0.4) is 0 Å². The summed E-state index contributed by atoms with van der Waals surface area (Å²) in [5, 5.41) is 10.9. The first kappa shape index (κ1) is 13.0. The van der Waals surface area contributed by atoms with Crippen molar-refractivity contribution >= 4 is 27.9 Å². The summed E-state index contributed by atoms with van der Waals surface area (Å²) in [6.07, 6.45) is 2.64. The minimum atomic E-state index is 0.735. The van der Waals surface area contributed by atoms with Gasteiger partial charge in [0, 0.05) is 42.1 Å². The Morgan fingerprint density at radius 3 is 3.00 bits per heavy atom. The highest BCUT2D eigenvalue weighted by atomic mass is 32.1. The molecule has 0 radical (unpaired) electrons. The van der Waals surface area contributed by atoms with Gasteiger partial charge in [0.2, 0.25) is 0 Å². The van der Waals surface area contributed by atoms with Crippen molar-refractivity contribution in [3.05, 3.63) is 28.1 Å². The van der Waals surface area contributed by atoms with Crippen LogP contribution < -0.4 is 5.32 Å². The lowest BCUT2D eigenvalue weighted by Gasteiger charge is -2.20. The lowest BCUT2D eigenvalue weighted by molar-refractivity contribution is 0.245. The molecule has 19 heavy (non-hydrogen) atoms. The summed E-state index contributed by atoms with van der Waals surface area (Å²) in [7, 11) is 0. The van der Waals surface area contributed by atoms with Gasteiger partial charge in [-0.25, -0.2) is 0 Å². The second-order valence-corrected chi connectivity index (χ2v) is 6.58. The molecule has 0 aromatic carbocycles. The maximum atomic E-state index is 4.28. The zero-order chi connectivity index (χ0) is 13.1. The van der Waals surface area contributed by atoms with Gasteiger partial charge >= 0.3 is 0 Å². The van der Waals surface area contributed by atoms with Crippen LogP contribution in [-0.4, -0.2) is 27.1 Å². The molecule has 1 saturated carbocycles. The van der Waals surface area contributed by atoms with E-state index in [-0.39, 0.29) is 0 Å². The predicted molar refractivity (Wildman–Crippen MR) is 80.7 cm³/mol. The fourth-order valence-electron chi connectivity index (χ4n) is 2.16. The number of aromatic nitrogens is 2. The van der Waals surface area contributed by atoms with Crippen molar-refractivity contribution in [1.82, 2.24) is 14.5 Å². The van der Waals surface area contributed by atoms with Gasteiger partial charge in [-0.05, 0) is 31.2 Å². The Morgan fingerprint density at radius 2 is 2.32 bits per heavy atom. The molecule has 0 spiro atoms. The number of nitrogens with one attached hydrogen (secondary N) is 1. The van der Waals surface area contributed by atoms with Crippen LogP contribution in [0.4, 0.5) is 5.00 Å². The van der Waals surface area contributed by atoms with Gasteiger partial charge in [-0.3, -0.25) is 4.90 Å². The molecule has 4 nitrogen and oxygen atoms in total. The molecule has 3 rings (SSSR count). The maximum absolute atomic E-state index is 4.28. The number of rotatable bonds is 7. The highest BCUT2D eigenvalue weighted by Crippen LogP contribution is 2.31. The molecule has 0 amide bonds. The van der Waals surface area contributed by atoms with E-state index in [0.29, 0.717) is 0 Å². The van der Waals surface area contributed by atoms with Crippen LogP contribution in [0.1, 0.15) is 30.3 Å². The van der Waals surface area contributed by atoms with E-state index in [2.05, 4.69) is 44.2 Å². The molecule has 0 unspecified atom stereocenters. The molecular formula is C13H18N4S2. The standard InChI is InChI=1S/C13H18N4S2/c1-2-14-13-12(15-16-19-13)9-17(10-5-6-10)8-11-4-3-7-18-11/h3-4,7,10,14H,2,5-6,8-9H2,1H3. The van der Waals surface area contributed by atoms with Gasteiger partial charge in [-0.2, -0.15) is 0 Å². The molecule has 6 heteroatoms. The van der Waals surface area contributed by atoms with Crippen LogP contribution in [-0.2, 0) is 13.1 Å². The Hall–Kier alpha value is -0.980. The SMILES string of the molecule is CCNc1snnc1CN(Cc1cccs1)C1CC1. The molecule has 2 aromatic heterocycles. The van der Waals surface area contributed by atoms with Crippen LogP contribution >= 0.6 is 22.9 Å². The highest BCUT2D eigenvalue weighted by Gasteiger charge is 2.30. The van der Waals surface area contributed by atoms with Crippen molar-refractivity contribution < 1.29 is 0 Å². The molecule has 102 valence electrons. The van der Waals surface area contributed by atoms with Gasteiger partial charge in [0.25, 0.3) is 0 Å². The second kappa shape index (κ2) is 5.98. The van der Waals surface area contributed by atoms with E-state index in [1.807, 2.05) is 11.3 Å². The molecule has 0 bridgehead atoms. The largest absolute Gasteiger partial charge is 0.374 e. The summed E-state index contributed by atoms with van der Waals surface area (Å²) in [6, 6.07) is 5.07. The third kappa shape index (κ3) is 3.32. The van der Waals surface area contributed by atoms with Crippen molar-refractivity contribution in [3.8, 4) is 0 Å². The molecule has 2 aromatic rings. The van der Waals surface area contributed by atoms with Gasteiger partial charge in [-0.1, -0.05) is 10.6 Å². The van der Waals surface area contributed by atoms with Crippen molar-refractivity contribution in [3.63, 3.8) is 0 Å². The first-order chi connectivity index (χ1) is 9.36. The molecule has 1 aliphatic rings. The third-order valence-corrected chi connectivity index (χ3v) is 4.84. The predicted octanol–water partition coefficient (Wildman–Crippen LogP) is 3.20. The Bertz CT molecular complexity index is 504. The second-order valence-electron chi connectivity index (χ2n) is 4.79. The first-order valence-corrected chi connectivity index (χ1v) is 8.33. The van der Waals surface area contributed by atoms with Crippen LogP contribution in [0.5, 0.6) is 0 Å². The molecule has 1 fully saturated rings. The Morgan fingerprint density at radius 1 is 1.42 bits per heavy atom. The topological polar surface area (TPSA) is 41.1 Å². The van der Waals surface area contributed by atoms with E-state index >= 15 is 0 Å². The van der Waals surface area contributed by atoms with Crippen LogP contribution in [0.15, 0.2) is 17.5 Å². The number of anilines is 1. The van der Waals surface area contributed by atoms with Gasteiger partial charge < -0.3 is 5.32 Å². The average molecular weight is 294 g/mol. The summed E-state index contributed by atoms with van der Waals surface area (Å²) in [5.74, 6) is 0. The van der Waals surface area contributed by atoms with E-state index in [4.69, 9.17) is 0 Å². The minimum absolute atomic E-state index is 0.735. The summed E-state index contributed by atoms with van der Waals surface area (Å²) >= 11 is 3.29. The van der Waals surface area contributed by atoms with Crippen molar-refractivity contribution in [2.75, 3.05) is 11.9 Å². The number of hydrogen-bond donors (Lipinski definition) is 1. The normalized spacial score (nSPS) is 15.1. The fraction of sp³-hybridized carbons (Fsp3) is 0.538. The quantitative estimate of drug-likeness (QED) is 0.851. The monoisotopic (exact) mass is 294 g/mol. The first-order valence-electron chi connectivity index (χ1n) is 6.68. The Labute approximate surface area is 121 Å². The number of nitrogens with zero attached hydrogens (tertiary/aromatic N) is 3. The average Bonchev–Trinajstić information content (AvgIpc) is 2.96. The molecule has 1 aliphatic carbocycles. The zero-order valence-electron chi connectivity index (χ0n) is 11.0. The van der Waals surface area contributed by atoms with Gasteiger partial charge in [-0.15, -0.1) is 16.4 Å². The van der Waals surface area contributed by atoms with Crippen LogP contribution in [0.2, 0.25) is 0 Å². The Kier molecular flexibility index (Phi) is 4.10. The minimum Gasteiger partial charge on any atom is -0.374 e. The van der Waals surface area contributed by atoms with E-state index in [0.717, 1.165) is 36.4 Å². The van der Waals surface area contributed by atoms with E-state index in [1.165, 1.54) is 29.3 Å². The van der Waals surface area contributed by atoms with Crippen molar-refractivity contribution in [2.45, 2.75) is 38.9 Å². The lowest BCUT2D eigenvalue weighted by Crippen LogP contribution is -2.25. The molecule has 1 N–H and O–H groups in total. The highest BCUT2D eigenvalue weighted by molar-refractivity contribution is 7.10. The summed E-state index contributed by atoms with van der Waals surface area (Å²) in [4.78, 5) is 3.96. The molecular weight excluding hydrogens is 276 g/mol. The van der Waals surface area contributed by atoms with Gasteiger partial charge in [0.05, 0.1) is 0 Å². The van der Waals surface area contributed by atoms with Crippen LogP contribution in [0.25, 0.3) is 0 Å². The molecule has 0 atom stereocenters. The zero-order valence-corrected chi connectivity index (χ0v) is 12.6. The van der Waals surface area contributed by atoms with Crippen molar-refractivity contribution in [1.29, 1.82) is 0 Å². The lowest BCUT2D eigenvalue weighted by atomic mass is 10.3. The Balaban J connectivity index is 1.69. The van der Waals surface area contributed by atoms with E-state index < -0.39 is 0 Å². The fourth-order valence-corrected chi connectivity index (χ4v) is 3.53. The van der Waals surface area contributed by atoms with Gasteiger partial charge in [0.15, 0.2) is 0 Å². The maximum Gasteiger partial charge on any atom is 0.134 e. The van der Waals surface area contributed by atoms with Crippen molar-refractivity contribution in [2.24, 2.45) is 0 Å². The third-order valence-electron chi connectivity index (χ3n) is 3.25. The number of hydrogen-bond acceptors (Lipinski definition) is 6.